The van der Waals surface area contributed by atoms with E-state index in [1.54, 1.807) is 0 Å². The predicted molar refractivity (Wildman–Crippen MR) is 133 cm³/mol. The molecule has 5 rings (SSSR count). The zero-order chi connectivity index (χ0) is 24.9. The van der Waals surface area contributed by atoms with Gasteiger partial charge in [-0.15, -0.1) is 0 Å². The summed E-state index contributed by atoms with van der Waals surface area (Å²) in [7, 11) is 0. The molecule has 0 spiro atoms. The maximum atomic E-state index is 13.3. The van der Waals surface area contributed by atoms with Gasteiger partial charge < -0.3 is 4.89 Å². The van der Waals surface area contributed by atoms with Crippen molar-refractivity contribution in [1.29, 1.82) is 0 Å². The fourth-order valence-electron chi connectivity index (χ4n) is 11.0. The summed E-state index contributed by atoms with van der Waals surface area (Å²) in [4.78, 5) is 30.8. The number of carbonyl (C=O) groups is 2. The van der Waals surface area contributed by atoms with Gasteiger partial charge in [0.15, 0.2) is 5.78 Å². The Bertz CT molecular complexity index is 945. The highest BCUT2D eigenvalue weighted by Gasteiger charge is 2.70. The lowest BCUT2D eigenvalue weighted by atomic mass is 9.33. The van der Waals surface area contributed by atoms with Crippen LogP contribution in [-0.2, 0) is 14.5 Å². The summed E-state index contributed by atoms with van der Waals surface area (Å²) in [5.41, 5.74) is 1.96. The molecule has 0 aromatic heterocycles. The van der Waals surface area contributed by atoms with E-state index in [1.807, 2.05) is 0 Å². The van der Waals surface area contributed by atoms with Gasteiger partial charge in [-0.05, 0) is 108 Å². The fourth-order valence-corrected chi connectivity index (χ4v) is 11.0. The molecule has 0 aromatic carbocycles. The second-order valence-corrected chi connectivity index (χ2v) is 14.5. The Balaban J connectivity index is 1.63. The van der Waals surface area contributed by atoms with E-state index < -0.39 is 11.4 Å². The number of rotatable bonds is 2. The van der Waals surface area contributed by atoms with E-state index in [2.05, 4.69) is 53.4 Å². The Morgan fingerprint density at radius 3 is 2.26 bits per heavy atom. The maximum absolute atomic E-state index is 13.3. The molecule has 0 bridgehead atoms. The molecule has 0 aliphatic heterocycles. The minimum atomic E-state index is -0.952. The van der Waals surface area contributed by atoms with Crippen LogP contribution in [0.4, 0.5) is 0 Å². The van der Waals surface area contributed by atoms with Crippen molar-refractivity contribution in [1.82, 2.24) is 0 Å². The molecular weight excluding hydrogens is 424 g/mol. The average molecular weight is 471 g/mol. The van der Waals surface area contributed by atoms with E-state index in [1.165, 1.54) is 38.5 Å². The van der Waals surface area contributed by atoms with Gasteiger partial charge >= 0.3 is 5.97 Å². The Morgan fingerprint density at radius 2 is 1.62 bits per heavy atom. The van der Waals surface area contributed by atoms with Crippen molar-refractivity contribution in [2.75, 3.05) is 0 Å². The number of ketones is 1. The van der Waals surface area contributed by atoms with Gasteiger partial charge in [0.05, 0.1) is 0 Å². The summed E-state index contributed by atoms with van der Waals surface area (Å²) in [5.74, 6) is 1.23. The van der Waals surface area contributed by atoms with Crippen molar-refractivity contribution in [3.63, 3.8) is 0 Å². The minimum Gasteiger partial charge on any atom is -0.300 e. The quantitative estimate of drug-likeness (QED) is 0.338. The molecule has 1 N–H and O–H groups in total. The van der Waals surface area contributed by atoms with E-state index in [0.717, 1.165) is 29.9 Å². The highest BCUT2D eigenvalue weighted by Crippen LogP contribution is 2.76. The molecule has 7 atom stereocenters. The van der Waals surface area contributed by atoms with E-state index in [-0.39, 0.29) is 34.9 Å². The van der Waals surface area contributed by atoms with Crippen molar-refractivity contribution in [3.8, 4) is 0 Å². The van der Waals surface area contributed by atoms with Crippen LogP contribution in [0.5, 0.6) is 0 Å². The largest absolute Gasteiger partial charge is 0.352 e. The first-order chi connectivity index (χ1) is 15.8. The van der Waals surface area contributed by atoms with Crippen molar-refractivity contribution < 1.29 is 19.7 Å². The number of hydrogen-bond donors (Lipinski definition) is 1. The smallest absolute Gasteiger partial charge is 0.300 e. The Hall–Kier alpha value is -1.16. The third-order valence-electron chi connectivity index (χ3n) is 12.7. The van der Waals surface area contributed by atoms with Gasteiger partial charge in [0.1, 0.15) is 5.41 Å². The number of allylic oxidation sites excluding steroid dienone is 1. The Morgan fingerprint density at radius 1 is 0.912 bits per heavy atom. The Labute approximate surface area is 206 Å². The molecule has 4 saturated carbocycles. The van der Waals surface area contributed by atoms with Crippen LogP contribution in [0.3, 0.4) is 0 Å². The van der Waals surface area contributed by atoms with Gasteiger partial charge in [0.25, 0.3) is 0 Å². The second kappa shape index (κ2) is 7.43. The average Bonchev–Trinajstić information content (AvgIpc) is 3.06. The number of hydrogen-bond acceptors (Lipinski definition) is 4. The molecule has 0 aromatic rings. The predicted octanol–water partition coefficient (Wildman–Crippen LogP) is 7.37. The van der Waals surface area contributed by atoms with Gasteiger partial charge in [-0.3, -0.25) is 4.79 Å². The second-order valence-electron chi connectivity index (χ2n) is 14.5. The number of Topliss-reactive ketones (excluding diaryl/α,β-unsaturated/α-hetero) is 1. The van der Waals surface area contributed by atoms with Crippen LogP contribution >= 0.6 is 0 Å². The van der Waals surface area contributed by atoms with Gasteiger partial charge in [0.2, 0.25) is 0 Å². The zero-order valence-electron chi connectivity index (χ0n) is 22.6. The monoisotopic (exact) mass is 470 g/mol. The molecule has 34 heavy (non-hydrogen) atoms. The molecule has 4 fully saturated rings. The normalized spacial score (nSPS) is 47.6. The molecular formula is C30H46O4. The highest BCUT2D eigenvalue weighted by atomic mass is 17.1. The molecule has 5 aliphatic carbocycles. The standard InChI is InChI=1S/C30H46O4/c1-18(2)23-20(31)17-30(25(32)34-33)16-15-28(6)19(24(23)30)9-10-22-27(5)13-8-12-26(3,4)21(27)11-14-29(22,28)7/h18-19,21-22,33H,8-17H2,1-7H3/t19-,21+,22-,27+,28-,29-,30-/m1/s1. The zero-order valence-corrected chi connectivity index (χ0v) is 22.6. The fraction of sp³-hybridized carbons (Fsp3) is 0.867. The van der Waals surface area contributed by atoms with Crippen molar-refractivity contribution in [2.45, 2.75) is 113 Å². The highest BCUT2D eigenvalue weighted by molar-refractivity contribution is 6.05. The van der Waals surface area contributed by atoms with Gasteiger partial charge in [-0.25, -0.2) is 4.79 Å². The van der Waals surface area contributed by atoms with E-state index in [0.29, 0.717) is 23.2 Å². The third kappa shape index (κ3) is 2.81. The van der Waals surface area contributed by atoms with Gasteiger partial charge in [0, 0.05) is 6.42 Å². The van der Waals surface area contributed by atoms with Crippen LogP contribution in [0.2, 0.25) is 0 Å². The molecule has 0 saturated heterocycles. The van der Waals surface area contributed by atoms with E-state index in [4.69, 9.17) is 0 Å². The van der Waals surface area contributed by atoms with Crippen molar-refractivity contribution >= 4 is 11.8 Å². The van der Waals surface area contributed by atoms with Crippen LogP contribution < -0.4 is 0 Å². The van der Waals surface area contributed by atoms with E-state index >= 15 is 0 Å². The molecule has 0 radical (unpaired) electrons. The molecule has 190 valence electrons. The van der Waals surface area contributed by atoms with Crippen LogP contribution in [0, 0.1) is 50.7 Å². The first-order valence-electron chi connectivity index (χ1n) is 13.9. The summed E-state index contributed by atoms with van der Waals surface area (Å²) in [5, 5.41) is 9.47. The molecule has 0 unspecified atom stereocenters. The Kier molecular flexibility index (Phi) is 5.36. The molecule has 0 amide bonds. The summed E-state index contributed by atoms with van der Waals surface area (Å²) in [6.45, 7) is 16.8. The number of carbonyl (C=O) groups excluding carboxylic acids is 2. The SMILES string of the molecule is CC(C)C1=C2[C@H]3CC[C@@H]4[C@@]5(C)CCCC(C)(C)[C@@H]5CC[C@@]4(C)[C@]3(C)CC[C@@]2(C(=O)OO)CC1=O. The minimum absolute atomic E-state index is 0.0464. The van der Waals surface area contributed by atoms with Gasteiger partial charge in [-0.2, -0.15) is 5.26 Å². The maximum Gasteiger partial charge on any atom is 0.352 e. The van der Waals surface area contributed by atoms with Crippen LogP contribution in [0.15, 0.2) is 11.1 Å². The van der Waals surface area contributed by atoms with Gasteiger partial charge in [-0.1, -0.05) is 54.9 Å². The first-order valence-corrected chi connectivity index (χ1v) is 13.9. The lowest BCUT2D eigenvalue weighted by Gasteiger charge is -2.71. The van der Waals surface area contributed by atoms with Crippen molar-refractivity contribution in [2.24, 2.45) is 50.7 Å². The molecule has 4 nitrogen and oxygen atoms in total. The number of fused-ring (bicyclic) bond motifs is 7. The summed E-state index contributed by atoms with van der Waals surface area (Å²) in [6.07, 6.45) is 10.5. The molecule has 5 aliphatic rings. The topological polar surface area (TPSA) is 63.6 Å². The lowest BCUT2D eigenvalue weighted by Crippen LogP contribution is -2.64. The first kappa shape index (κ1) is 24.5. The summed E-state index contributed by atoms with van der Waals surface area (Å²) in [6, 6.07) is 0. The summed E-state index contributed by atoms with van der Waals surface area (Å²) >= 11 is 0. The van der Waals surface area contributed by atoms with E-state index in [9.17, 15) is 14.8 Å². The summed E-state index contributed by atoms with van der Waals surface area (Å²) < 4.78 is 0. The van der Waals surface area contributed by atoms with Crippen LogP contribution in [0.1, 0.15) is 113 Å². The van der Waals surface area contributed by atoms with Crippen molar-refractivity contribution in [3.05, 3.63) is 11.1 Å². The lowest BCUT2D eigenvalue weighted by molar-refractivity contribution is -0.250. The van der Waals surface area contributed by atoms with Crippen LogP contribution in [-0.4, -0.2) is 17.0 Å². The molecule has 0 heterocycles. The van der Waals surface area contributed by atoms with Crippen LogP contribution in [0.25, 0.3) is 0 Å². The third-order valence-corrected chi connectivity index (χ3v) is 12.7. The molecule has 4 heteroatoms.